The first kappa shape index (κ1) is 14.5. The lowest BCUT2D eigenvalue weighted by Gasteiger charge is -2.40. The van der Waals surface area contributed by atoms with Crippen LogP contribution in [-0.2, 0) is 19.0 Å². The Morgan fingerprint density at radius 2 is 2.06 bits per heavy atom. The van der Waals surface area contributed by atoms with E-state index in [1.807, 2.05) is 0 Å². The molecule has 0 spiro atoms. The van der Waals surface area contributed by atoms with Gasteiger partial charge in [0.05, 0.1) is 26.9 Å². The van der Waals surface area contributed by atoms with Gasteiger partial charge in [-0.15, -0.1) is 0 Å². The lowest BCUT2D eigenvalue weighted by Crippen LogP contribution is -2.45. The average Bonchev–Trinajstić information content (AvgIpc) is 2.30. The summed E-state index contributed by atoms with van der Waals surface area (Å²) < 4.78 is 15.5. The summed E-state index contributed by atoms with van der Waals surface area (Å²) in [5.74, 6) is -0.123. The van der Waals surface area contributed by atoms with Crippen LogP contribution in [0, 0.1) is 5.41 Å². The van der Waals surface area contributed by atoms with E-state index in [2.05, 4.69) is 11.7 Å². The number of rotatable bonds is 9. The van der Waals surface area contributed by atoms with Crippen molar-refractivity contribution in [3.8, 4) is 0 Å². The Labute approximate surface area is 104 Å². The minimum atomic E-state index is -0.123. The molecule has 0 aliphatic carbocycles. The number of carbonyl (C=O) groups excluding carboxylic acids is 1. The molecule has 4 heteroatoms. The minimum absolute atomic E-state index is 0.123. The molecule has 0 aromatic heterocycles. The normalized spacial score (nSPS) is 17.5. The fourth-order valence-corrected chi connectivity index (χ4v) is 1.82. The average molecular weight is 244 g/mol. The maximum Gasteiger partial charge on any atom is 0.305 e. The Balaban J connectivity index is 1.89. The molecule has 0 bridgehead atoms. The Bertz CT molecular complexity index is 218. The highest BCUT2D eigenvalue weighted by molar-refractivity contribution is 5.68. The van der Waals surface area contributed by atoms with Crippen molar-refractivity contribution in [3.63, 3.8) is 0 Å². The molecule has 1 aliphatic heterocycles. The second kappa shape index (κ2) is 7.67. The zero-order valence-corrected chi connectivity index (χ0v) is 11.0. The summed E-state index contributed by atoms with van der Waals surface area (Å²) in [7, 11) is 1.43. The van der Waals surface area contributed by atoms with Gasteiger partial charge in [0.25, 0.3) is 0 Å². The minimum Gasteiger partial charge on any atom is -0.469 e. The zero-order valence-electron chi connectivity index (χ0n) is 11.0. The largest absolute Gasteiger partial charge is 0.469 e. The van der Waals surface area contributed by atoms with Crippen molar-refractivity contribution < 1.29 is 19.0 Å². The lowest BCUT2D eigenvalue weighted by atomic mass is 9.84. The molecular formula is C13H24O4. The summed E-state index contributed by atoms with van der Waals surface area (Å²) in [5.41, 5.74) is 0.284. The smallest absolute Gasteiger partial charge is 0.305 e. The van der Waals surface area contributed by atoms with Gasteiger partial charge in [-0.1, -0.05) is 13.3 Å². The fraction of sp³-hybridized carbons (Fsp3) is 0.923. The van der Waals surface area contributed by atoms with Crippen LogP contribution < -0.4 is 0 Å². The Kier molecular flexibility index (Phi) is 6.52. The second-order valence-electron chi connectivity index (χ2n) is 4.79. The quantitative estimate of drug-likeness (QED) is 0.460. The molecule has 4 nitrogen and oxygen atoms in total. The molecule has 1 heterocycles. The highest BCUT2D eigenvalue weighted by atomic mass is 16.5. The Morgan fingerprint density at radius 3 is 2.59 bits per heavy atom. The number of ether oxygens (including phenoxy) is 3. The van der Waals surface area contributed by atoms with E-state index in [-0.39, 0.29) is 11.4 Å². The van der Waals surface area contributed by atoms with Crippen molar-refractivity contribution in [2.45, 2.75) is 39.0 Å². The van der Waals surface area contributed by atoms with Gasteiger partial charge in [-0.2, -0.15) is 0 Å². The van der Waals surface area contributed by atoms with Gasteiger partial charge in [0, 0.05) is 18.4 Å². The number of unbranched alkanes of at least 4 members (excludes halogenated alkanes) is 2. The number of esters is 1. The van der Waals surface area contributed by atoms with Gasteiger partial charge in [0.15, 0.2) is 0 Å². The van der Waals surface area contributed by atoms with Crippen molar-refractivity contribution in [2.24, 2.45) is 5.41 Å². The first-order valence-corrected chi connectivity index (χ1v) is 6.45. The standard InChI is InChI=1S/C13H24O4/c1-3-13(10-17-11-13)9-16-8-6-4-5-7-12(14)15-2/h3-11H2,1-2H3. The van der Waals surface area contributed by atoms with E-state index in [0.29, 0.717) is 6.42 Å². The van der Waals surface area contributed by atoms with E-state index >= 15 is 0 Å². The summed E-state index contributed by atoms with van der Waals surface area (Å²) in [5, 5.41) is 0. The molecule has 17 heavy (non-hydrogen) atoms. The molecule has 0 unspecified atom stereocenters. The highest BCUT2D eigenvalue weighted by Gasteiger charge is 2.36. The molecule has 0 amide bonds. The van der Waals surface area contributed by atoms with E-state index < -0.39 is 0 Å². The van der Waals surface area contributed by atoms with Gasteiger partial charge >= 0.3 is 5.97 Å². The first-order valence-electron chi connectivity index (χ1n) is 6.45. The predicted octanol–water partition coefficient (Wildman–Crippen LogP) is 2.16. The van der Waals surface area contributed by atoms with Crippen LogP contribution in [0.1, 0.15) is 39.0 Å². The third-order valence-corrected chi connectivity index (χ3v) is 3.37. The number of hydrogen-bond donors (Lipinski definition) is 0. The molecule has 0 saturated carbocycles. The Hall–Kier alpha value is -0.610. The maximum absolute atomic E-state index is 10.9. The van der Waals surface area contributed by atoms with E-state index in [1.165, 1.54) is 7.11 Å². The van der Waals surface area contributed by atoms with Crippen LogP contribution in [0.25, 0.3) is 0 Å². The topological polar surface area (TPSA) is 44.8 Å². The van der Waals surface area contributed by atoms with Crippen molar-refractivity contribution in [2.75, 3.05) is 33.5 Å². The lowest BCUT2D eigenvalue weighted by molar-refractivity contribution is -0.150. The molecule has 100 valence electrons. The summed E-state index contributed by atoms with van der Waals surface area (Å²) in [6, 6.07) is 0. The molecule has 0 atom stereocenters. The predicted molar refractivity (Wildman–Crippen MR) is 64.8 cm³/mol. The van der Waals surface area contributed by atoms with Gasteiger partial charge in [-0.25, -0.2) is 0 Å². The van der Waals surface area contributed by atoms with Crippen molar-refractivity contribution in [3.05, 3.63) is 0 Å². The van der Waals surface area contributed by atoms with Crippen LogP contribution in [0.15, 0.2) is 0 Å². The van der Waals surface area contributed by atoms with Gasteiger partial charge in [0.1, 0.15) is 0 Å². The summed E-state index contributed by atoms with van der Waals surface area (Å²) >= 11 is 0. The molecule has 0 aromatic rings. The first-order chi connectivity index (χ1) is 8.22. The van der Waals surface area contributed by atoms with E-state index in [1.54, 1.807) is 0 Å². The van der Waals surface area contributed by atoms with E-state index in [9.17, 15) is 4.79 Å². The van der Waals surface area contributed by atoms with Crippen LogP contribution in [0.5, 0.6) is 0 Å². The SMILES string of the molecule is CCC1(COCCCCCC(=O)OC)COC1. The highest BCUT2D eigenvalue weighted by Crippen LogP contribution is 2.31. The van der Waals surface area contributed by atoms with Crippen LogP contribution in [0.2, 0.25) is 0 Å². The molecular weight excluding hydrogens is 220 g/mol. The maximum atomic E-state index is 10.9. The summed E-state index contributed by atoms with van der Waals surface area (Å²) in [6.45, 7) is 5.45. The third-order valence-electron chi connectivity index (χ3n) is 3.37. The van der Waals surface area contributed by atoms with Crippen LogP contribution in [0.3, 0.4) is 0 Å². The fourth-order valence-electron chi connectivity index (χ4n) is 1.82. The van der Waals surface area contributed by atoms with Gasteiger partial charge in [-0.05, 0) is 19.3 Å². The van der Waals surface area contributed by atoms with Gasteiger partial charge < -0.3 is 14.2 Å². The second-order valence-corrected chi connectivity index (χ2v) is 4.79. The number of hydrogen-bond acceptors (Lipinski definition) is 4. The molecule has 0 N–H and O–H groups in total. The van der Waals surface area contributed by atoms with E-state index in [4.69, 9.17) is 9.47 Å². The molecule has 1 fully saturated rings. The summed E-state index contributed by atoms with van der Waals surface area (Å²) in [6.07, 6.45) is 4.55. The molecule has 0 radical (unpaired) electrons. The van der Waals surface area contributed by atoms with Crippen LogP contribution in [0.4, 0.5) is 0 Å². The van der Waals surface area contributed by atoms with E-state index in [0.717, 1.165) is 52.1 Å². The van der Waals surface area contributed by atoms with Crippen molar-refractivity contribution in [1.29, 1.82) is 0 Å². The van der Waals surface area contributed by atoms with Crippen LogP contribution in [-0.4, -0.2) is 39.5 Å². The number of carbonyl (C=O) groups is 1. The molecule has 1 saturated heterocycles. The monoisotopic (exact) mass is 244 g/mol. The summed E-state index contributed by atoms with van der Waals surface area (Å²) in [4.78, 5) is 10.9. The van der Waals surface area contributed by atoms with Crippen LogP contribution >= 0.6 is 0 Å². The van der Waals surface area contributed by atoms with Gasteiger partial charge in [0.2, 0.25) is 0 Å². The van der Waals surface area contributed by atoms with Gasteiger partial charge in [-0.3, -0.25) is 4.79 Å². The van der Waals surface area contributed by atoms with Crippen molar-refractivity contribution in [1.82, 2.24) is 0 Å². The number of methoxy groups -OCH3 is 1. The third kappa shape index (κ3) is 5.04. The Morgan fingerprint density at radius 1 is 1.29 bits per heavy atom. The molecule has 1 rings (SSSR count). The molecule has 0 aromatic carbocycles. The molecule has 1 aliphatic rings. The zero-order chi connectivity index (χ0) is 12.6. The van der Waals surface area contributed by atoms with Crippen molar-refractivity contribution >= 4 is 5.97 Å².